The van der Waals surface area contributed by atoms with E-state index in [9.17, 15) is 26.3 Å². The highest BCUT2D eigenvalue weighted by Gasteiger charge is 2.79. The molecule has 18 heavy (non-hydrogen) atoms. The summed E-state index contributed by atoms with van der Waals surface area (Å²) in [5.41, 5.74) is 0. The van der Waals surface area contributed by atoms with Gasteiger partial charge in [0, 0.05) is 6.54 Å². The van der Waals surface area contributed by atoms with E-state index in [-0.39, 0.29) is 6.42 Å². The summed E-state index contributed by atoms with van der Waals surface area (Å²) < 4.78 is 79.6. The number of unbranched alkanes of at least 4 members (excludes halogenated alkanes) is 3. The van der Waals surface area contributed by atoms with Gasteiger partial charge < -0.3 is 0 Å². The van der Waals surface area contributed by atoms with Gasteiger partial charge in [-0.05, 0) is 13.5 Å². The standard InChI is InChI=1S/C10H16F6N2/c1-3-4-5-6-7-18-9(13,14)8(11,12)17(2)10(18,15)16/h3-7H2,1-2H3. The largest absolute Gasteiger partial charge is 0.388 e. The molecule has 8 heteroatoms. The SMILES string of the molecule is CCCCCCN1C(F)(F)N(C)C(F)(F)C1(F)F. The van der Waals surface area contributed by atoms with Crippen molar-refractivity contribution in [2.75, 3.05) is 13.6 Å². The summed E-state index contributed by atoms with van der Waals surface area (Å²) in [6.45, 7) is 1.10. The maximum absolute atomic E-state index is 13.4. The molecule has 0 atom stereocenters. The zero-order valence-electron chi connectivity index (χ0n) is 10.2. The van der Waals surface area contributed by atoms with Crippen LogP contribution in [0.2, 0.25) is 0 Å². The van der Waals surface area contributed by atoms with Crippen LogP contribution >= 0.6 is 0 Å². The number of halogens is 6. The minimum absolute atomic E-state index is 0.0307. The van der Waals surface area contributed by atoms with Crippen LogP contribution in [0.3, 0.4) is 0 Å². The first kappa shape index (κ1) is 15.6. The van der Waals surface area contributed by atoms with E-state index in [0.29, 0.717) is 19.9 Å². The van der Waals surface area contributed by atoms with E-state index in [1.165, 1.54) is 0 Å². The van der Waals surface area contributed by atoms with E-state index in [1.807, 2.05) is 6.92 Å². The molecule has 1 aliphatic heterocycles. The number of nitrogens with zero attached hydrogens (tertiary/aromatic N) is 2. The first-order chi connectivity index (χ1) is 8.10. The van der Waals surface area contributed by atoms with E-state index >= 15 is 0 Å². The smallest absolute Gasteiger partial charge is 0.179 e. The van der Waals surface area contributed by atoms with Gasteiger partial charge in [0.2, 0.25) is 0 Å². The molecular formula is C10H16F6N2. The highest BCUT2D eigenvalue weighted by Crippen LogP contribution is 2.53. The minimum Gasteiger partial charge on any atom is -0.179 e. The molecule has 0 saturated carbocycles. The second-order valence-electron chi connectivity index (χ2n) is 4.36. The van der Waals surface area contributed by atoms with Gasteiger partial charge in [0.05, 0.1) is 0 Å². The molecule has 2 nitrogen and oxygen atoms in total. The maximum atomic E-state index is 13.4. The molecule has 0 spiro atoms. The average molecular weight is 278 g/mol. The van der Waals surface area contributed by atoms with Gasteiger partial charge in [0.25, 0.3) is 0 Å². The molecule has 0 aromatic carbocycles. The van der Waals surface area contributed by atoms with Crippen LogP contribution in [0.5, 0.6) is 0 Å². The molecular weight excluding hydrogens is 262 g/mol. The summed E-state index contributed by atoms with van der Waals surface area (Å²) in [6, 6.07) is -9.74. The predicted molar refractivity (Wildman–Crippen MR) is 53.5 cm³/mol. The quantitative estimate of drug-likeness (QED) is 0.431. The highest BCUT2D eigenvalue weighted by molar-refractivity contribution is 4.96. The lowest BCUT2D eigenvalue weighted by Gasteiger charge is -2.27. The van der Waals surface area contributed by atoms with Crippen molar-refractivity contribution in [1.82, 2.24) is 9.80 Å². The fourth-order valence-electron chi connectivity index (χ4n) is 1.85. The van der Waals surface area contributed by atoms with E-state index in [4.69, 9.17) is 0 Å². The van der Waals surface area contributed by atoms with Gasteiger partial charge in [0.1, 0.15) is 0 Å². The predicted octanol–water partition coefficient (Wildman–Crippen LogP) is 3.55. The third-order valence-electron chi connectivity index (χ3n) is 3.09. The zero-order valence-corrected chi connectivity index (χ0v) is 10.2. The fraction of sp³-hybridized carbons (Fsp3) is 1.00. The second kappa shape index (κ2) is 4.88. The second-order valence-corrected chi connectivity index (χ2v) is 4.36. The summed E-state index contributed by atoms with van der Waals surface area (Å²) >= 11 is 0. The van der Waals surface area contributed by atoms with Crippen molar-refractivity contribution in [2.45, 2.75) is 50.9 Å². The molecule has 0 aromatic rings. The van der Waals surface area contributed by atoms with Crippen LogP contribution in [0.4, 0.5) is 26.3 Å². The summed E-state index contributed by atoms with van der Waals surface area (Å²) in [4.78, 5) is -1.59. The zero-order chi connectivity index (χ0) is 14.2. The molecule has 0 bridgehead atoms. The first-order valence-electron chi connectivity index (χ1n) is 5.75. The Balaban J connectivity index is 2.82. The number of likely N-dealkylation sites (N-methyl/N-ethyl adjacent to an activating group) is 1. The Kier molecular flexibility index (Phi) is 4.22. The molecule has 108 valence electrons. The van der Waals surface area contributed by atoms with Gasteiger partial charge in [-0.1, -0.05) is 26.2 Å². The summed E-state index contributed by atoms with van der Waals surface area (Å²) in [7, 11) is 0.292. The molecule has 0 radical (unpaired) electrons. The van der Waals surface area contributed by atoms with E-state index in [2.05, 4.69) is 0 Å². The number of rotatable bonds is 5. The van der Waals surface area contributed by atoms with Crippen molar-refractivity contribution in [3.8, 4) is 0 Å². The van der Waals surface area contributed by atoms with Crippen molar-refractivity contribution in [1.29, 1.82) is 0 Å². The molecule has 1 fully saturated rings. The lowest BCUT2D eigenvalue weighted by molar-refractivity contribution is -0.279. The number of hydrogen-bond acceptors (Lipinski definition) is 2. The maximum Gasteiger partial charge on any atom is 0.388 e. The van der Waals surface area contributed by atoms with E-state index in [0.717, 1.165) is 6.42 Å². The van der Waals surface area contributed by atoms with Crippen LogP contribution in [-0.2, 0) is 0 Å². The fourth-order valence-corrected chi connectivity index (χ4v) is 1.85. The van der Waals surface area contributed by atoms with Crippen molar-refractivity contribution in [3.05, 3.63) is 0 Å². The Morgan fingerprint density at radius 1 is 0.833 bits per heavy atom. The summed E-state index contributed by atoms with van der Waals surface area (Å²) in [5.74, 6) is 0. The van der Waals surface area contributed by atoms with Gasteiger partial charge >= 0.3 is 18.3 Å². The monoisotopic (exact) mass is 278 g/mol. The molecule has 0 aromatic heterocycles. The lowest BCUT2D eigenvalue weighted by atomic mass is 10.2. The molecule has 1 heterocycles. The van der Waals surface area contributed by atoms with Crippen LogP contribution in [0.25, 0.3) is 0 Å². The highest BCUT2D eigenvalue weighted by atomic mass is 19.3. The minimum atomic E-state index is -4.87. The average Bonchev–Trinajstić information content (AvgIpc) is 2.34. The number of alkyl halides is 6. The summed E-state index contributed by atoms with van der Waals surface area (Å²) in [5, 5.41) is 0. The van der Waals surface area contributed by atoms with E-state index in [1.54, 1.807) is 0 Å². The molecule has 1 aliphatic rings. The van der Waals surface area contributed by atoms with Crippen LogP contribution < -0.4 is 0 Å². The first-order valence-corrected chi connectivity index (χ1v) is 5.75. The van der Waals surface area contributed by atoms with Crippen molar-refractivity contribution < 1.29 is 26.3 Å². The molecule has 0 amide bonds. The van der Waals surface area contributed by atoms with Crippen LogP contribution in [0.15, 0.2) is 0 Å². The lowest BCUT2D eigenvalue weighted by Crippen LogP contribution is -2.50. The molecule has 0 unspecified atom stereocenters. The Bertz CT molecular complexity index is 294. The Hall–Kier alpha value is -0.500. The Morgan fingerprint density at radius 2 is 1.39 bits per heavy atom. The normalized spacial score (nSPS) is 26.7. The van der Waals surface area contributed by atoms with Crippen molar-refractivity contribution in [2.24, 2.45) is 0 Å². The van der Waals surface area contributed by atoms with Crippen LogP contribution in [0.1, 0.15) is 32.6 Å². The third-order valence-corrected chi connectivity index (χ3v) is 3.09. The topological polar surface area (TPSA) is 6.48 Å². The van der Waals surface area contributed by atoms with Gasteiger partial charge in [-0.25, -0.2) is 0 Å². The summed E-state index contributed by atoms with van der Waals surface area (Å²) in [6.07, 6.45) is -2.38. The Morgan fingerprint density at radius 3 is 1.78 bits per heavy atom. The molecule has 1 rings (SSSR count). The van der Waals surface area contributed by atoms with Gasteiger partial charge in [0.15, 0.2) is 0 Å². The van der Waals surface area contributed by atoms with Gasteiger partial charge in [-0.15, -0.1) is 0 Å². The third kappa shape index (κ3) is 2.20. The molecule has 0 aliphatic carbocycles. The van der Waals surface area contributed by atoms with Crippen molar-refractivity contribution >= 4 is 0 Å². The molecule has 0 N–H and O–H groups in total. The van der Waals surface area contributed by atoms with E-state index < -0.39 is 34.6 Å². The van der Waals surface area contributed by atoms with Gasteiger partial charge in [-0.3, -0.25) is 0 Å². The Labute approximate surface area is 102 Å². The van der Waals surface area contributed by atoms with Crippen molar-refractivity contribution in [3.63, 3.8) is 0 Å². The van der Waals surface area contributed by atoms with Crippen LogP contribution in [0, 0.1) is 0 Å². The van der Waals surface area contributed by atoms with Crippen LogP contribution in [-0.4, -0.2) is 41.7 Å². The van der Waals surface area contributed by atoms with Gasteiger partial charge in [-0.2, -0.15) is 36.1 Å². The number of hydrogen-bond donors (Lipinski definition) is 0. The molecule has 1 saturated heterocycles.